The summed E-state index contributed by atoms with van der Waals surface area (Å²) in [6.07, 6.45) is 1.97. The van der Waals surface area contributed by atoms with Crippen molar-refractivity contribution in [2.45, 2.75) is 32.7 Å². The van der Waals surface area contributed by atoms with E-state index in [1.54, 1.807) is 25.3 Å². The predicted molar refractivity (Wildman–Crippen MR) is 122 cm³/mol. The van der Waals surface area contributed by atoms with Gasteiger partial charge >= 0.3 is 6.03 Å². The summed E-state index contributed by atoms with van der Waals surface area (Å²) in [6.45, 7) is 5.70. The minimum absolute atomic E-state index is 0.148. The number of hydrogen-bond donors (Lipinski definition) is 2. The lowest BCUT2D eigenvalue weighted by Crippen LogP contribution is -2.41. The predicted octanol–water partition coefficient (Wildman–Crippen LogP) is 3.98. The molecule has 1 saturated heterocycles. The van der Waals surface area contributed by atoms with Crippen molar-refractivity contribution in [3.63, 3.8) is 0 Å². The molecule has 1 aliphatic rings. The van der Waals surface area contributed by atoms with Crippen molar-refractivity contribution in [1.82, 2.24) is 10.2 Å². The highest BCUT2D eigenvalue weighted by molar-refractivity contribution is 6.01. The first-order valence-electron chi connectivity index (χ1n) is 10.9. The summed E-state index contributed by atoms with van der Waals surface area (Å²) >= 11 is 0. The van der Waals surface area contributed by atoms with E-state index < -0.39 is 6.03 Å². The first-order chi connectivity index (χ1) is 15.5. The second kappa shape index (κ2) is 11.4. The Kier molecular flexibility index (Phi) is 8.33. The maximum atomic E-state index is 12.5. The SMILES string of the molecule is CCOc1ccc(NC(=O)NC(=O)CN2CCCC2c2ccc(OC)cc2)cc1OCC. The third-order valence-electron chi connectivity index (χ3n) is 5.27. The molecule has 8 nitrogen and oxygen atoms in total. The number of amides is 3. The summed E-state index contributed by atoms with van der Waals surface area (Å²) in [5.41, 5.74) is 1.65. The first-order valence-corrected chi connectivity index (χ1v) is 10.9. The molecule has 0 spiro atoms. The van der Waals surface area contributed by atoms with Crippen LogP contribution in [0.1, 0.15) is 38.3 Å². The largest absolute Gasteiger partial charge is 0.497 e. The van der Waals surface area contributed by atoms with Crippen molar-refractivity contribution in [1.29, 1.82) is 0 Å². The summed E-state index contributed by atoms with van der Waals surface area (Å²) in [4.78, 5) is 27.0. The minimum atomic E-state index is -0.582. The molecule has 1 fully saturated rings. The van der Waals surface area contributed by atoms with Gasteiger partial charge in [-0.3, -0.25) is 15.0 Å². The smallest absolute Gasteiger partial charge is 0.325 e. The Morgan fingerprint density at radius 1 is 1.03 bits per heavy atom. The summed E-state index contributed by atoms with van der Waals surface area (Å²) in [7, 11) is 1.64. The molecule has 1 unspecified atom stereocenters. The van der Waals surface area contributed by atoms with Gasteiger partial charge in [0.05, 0.1) is 26.9 Å². The molecule has 0 radical (unpaired) electrons. The molecule has 32 heavy (non-hydrogen) atoms. The van der Waals surface area contributed by atoms with Crippen LogP contribution < -0.4 is 24.8 Å². The molecule has 2 N–H and O–H groups in total. The van der Waals surface area contributed by atoms with E-state index in [9.17, 15) is 9.59 Å². The second-order valence-electron chi connectivity index (χ2n) is 7.43. The molecule has 3 rings (SSSR count). The average Bonchev–Trinajstić information content (AvgIpc) is 3.23. The van der Waals surface area contributed by atoms with Crippen LogP contribution in [0.4, 0.5) is 10.5 Å². The van der Waals surface area contributed by atoms with Crippen molar-refractivity contribution >= 4 is 17.6 Å². The number of imide groups is 1. The number of benzene rings is 2. The van der Waals surface area contributed by atoms with E-state index in [-0.39, 0.29) is 18.5 Å². The Morgan fingerprint density at radius 3 is 2.44 bits per heavy atom. The van der Waals surface area contributed by atoms with Gasteiger partial charge in [0.2, 0.25) is 5.91 Å². The van der Waals surface area contributed by atoms with Crippen LogP contribution in [-0.2, 0) is 4.79 Å². The number of carbonyl (C=O) groups is 2. The zero-order valence-corrected chi connectivity index (χ0v) is 18.8. The van der Waals surface area contributed by atoms with E-state index in [1.165, 1.54) is 0 Å². The molecule has 0 aromatic heterocycles. The first kappa shape index (κ1) is 23.4. The number of anilines is 1. The van der Waals surface area contributed by atoms with Gasteiger partial charge in [-0.2, -0.15) is 0 Å². The zero-order chi connectivity index (χ0) is 22.9. The molecule has 1 heterocycles. The van der Waals surface area contributed by atoms with E-state index in [1.807, 2.05) is 38.1 Å². The highest BCUT2D eigenvalue weighted by atomic mass is 16.5. The van der Waals surface area contributed by atoms with E-state index in [4.69, 9.17) is 14.2 Å². The van der Waals surface area contributed by atoms with Crippen molar-refractivity contribution in [3.05, 3.63) is 48.0 Å². The fourth-order valence-corrected chi connectivity index (χ4v) is 3.86. The average molecular weight is 442 g/mol. The van der Waals surface area contributed by atoms with Crippen LogP contribution in [-0.4, -0.2) is 50.3 Å². The van der Waals surface area contributed by atoms with Crippen LogP contribution in [0.25, 0.3) is 0 Å². The molecule has 8 heteroatoms. The van der Waals surface area contributed by atoms with E-state index in [0.717, 1.165) is 30.7 Å². The van der Waals surface area contributed by atoms with Crippen LogP contribution in [0.2, 0.25) is 0 Å². The lowest BCUT2D eigenvalue weighted by molar-refractivity contribution is -0.121. The third kappa shape index (κ3) is 6.13. The molecular weight excluding hydrogens is 410 g/mol. The Balaban J connectivity index is 1.56. The number of likely N-dealkylation sites (tertiary alicyclic amines) is 1. The minimum Gasteiger partial charge on any atom is -0.497 e. The van der Waals surface area contributed by atoms with Crippen molar-refractivity contribution < 1.29 is 23.8 Å². The number of urea groups is 1. The van der Waals surface area contributed by atoms with E-state index in [2.05, 4.69) is 15.5 Å². The molecule has 2 aromatic rings. The molecule has 1 aliphatic heterocycles. The molecule has 3 amide bonds. The highest BCUT2D eigenvalue weighted by Crippen LogP contribution is 2.32. The number of hydrogen-bond acceptors (Lipinski definition) is 6. The Hall–Kier alpha value is -3.26. The summed E-state index contributed by atoms with van der Waals surface area (Å²) in [5, 5.41) is 5.10. The van der Waals surface area contributed by atoms with Crippen LogP contribution in [0.3, 0.4) is 0 Å². The number of methoxy groups -OCH3 is 1. The quantitative estimate of drug-likeness (QED) is 0.612. The maximum absolute atomic E-state index is 12.5. The molecule has 172 valence electrons. The zero-order valence-electron chi connectivity index (χ0n) is 18.8. The molecule has 0 bridgehead atoms. The van der Waals surface area contributed by atoms with Crippen molar-refractivity contribution in [3.8, 4) is 17.2 Å². The summed E-state index contributed by atoms with van der Waals surface area (Å²) < 4.78 is 16.3. The Bertz CT molecular complexity index is 916. The summed E-state index contributed by atoms with van der Waals surface area (Å²) in [6, 6.07) is 12.6. The maximum Gasteiger partial charge on any atom is 0.325 e. The third-order valence-corrected chi connectivity index (χ3v) is 5.27. The molecule has 1 atom stereocenters. The molecular formula is C24H31N3O5. The molecule has 0 aliphatic carbocycles. The Labute approximate surface area is 188 Å². The van der Waals surface area contributed by atoms with Gasteiger partial charge in [0.25, 0.3) is 0 Å². The van der Waals surface area contributed by atoms with Crippen molar-refractivity contribution in [2.24, 2.45) is 0 Å². The fraction of sp³-hybridized carbons (Fsp3) is 0.417. The van der Waals surface area contributed by atoms with Gasteiger partial charge in [-0.05, 0) is 63.1 Å². The second-order valence-corrected chi connectivity index (χ2v) is 7.43. The van der Waals surface area contributed by atoms with Gasteiger partial charge in [-0.25, -0.2) is 4.79 Å². The van der Waals surface area contributed by atoms with Crippen LogP contribution in [0.15, 0.2) is 42.5 Å². The van der Waals surface area contributed by atoms with Gasteiger partial charge in [0, 0.05) is 17.8 Å². The van der Waals surface area contributed by atoms with Crippen LogP contribution in [0.5, 0.6) is 17.2 Å². The fourth-order valence-electron chi connectivity index (χ4n) is 3.86. The van der Waals surface area contributed by atoms with Gasteiger partial charge in [-0.15, -0.1) is 0 Å². The number of ether oxygens (including phenoxy) is 3. The topological polar surface area (TPSA) is 89.1 Å². The van der Waals surface area contributed by atoms with Crippen LogP contribution in [0, 0.1) is 0 Å². The lowest BCUT2D eigenvalue weighted by atomic mass is 10.0. The Morgan fingerprint density at radius 2 is 1.75 bits per heavy atom. The summed E-state index contributed by atoms with van der Waals surface area (Å²) in [5.74, 6) is 1.60. The number of nitrogens with one attached hydrogen (secondary N) is 2. The van der Waals surface area contributed by atoms with Crippen molar-refractivity contribution in [2.75, 3.05) is 38.7 Å². The number of carbonyl (C=O) groups excluding carboxylic acids is 2. The molecule has 0 saturated carbocycles. The van der Waals surface area contributed by atoms with Gasteiger partial charge in [0.15, 0.2) is 11.5 Å². The number of nitrogens with zero attached hydrogens (tertiary/aromatic N) is 1. The monoisotopic (exact) mass is 441 g/mol. The molecule has 2 aromatic carbocycles. The standard InChI is InChI=1S/C24H31N3O5/c1-4-31-21-13-10-18(15-22(21)32-5-2)25-24(29)26-23(28)16-27-14-6-7-20(27)17-8-11-19(30-3)12-9-17/h8-13,15,20H,4-7,14,16H2,1-3H3,(H2,25,26,28,29). The number of rotatable bonds is 9. The normalized spacial score (nSPS) is 15.8. The highest BCUT2D eigenvalue weighted by Gasteiger charge is 2.28. The van der Waals surface area contributed by atoms with E-state index in [0.29, 0.717) is 30.4 Å². The lowest BCUT2D eigenvalue weighted by Gasteiger charge is -2.24. The van der Waals surface area contributed by atoms with Crippen LogP contribution >= 0.6 is 0 Å². The van der Waals surface area contributed by atoms with E-state index >= 15 is 0 Å². The van der Waals surface area contributed by atoms with Gasteiger partial charge < -0.3 is 19.5 Å². The van der Waals surface area contributed by atoms with Gasteiger partial charge in [0.1, 0.15) is 5.75 Å². The van der Waals surface area contributed by atoms with Gasteiger partial charge in [-0.1, -0.05) is 12.1 Å².